The molecule has 0 radical (unpaired) electrons. The quantitative estimate of drug-likeness (QED) is 0.579. The molecule has 1 aromatic carbocycles. The van der Waals surface area contributed by atoms with Crippen molar-refractivity contribution in [1.82, 2.24) is 0 Å². The van der Waals surface area contributed by atoms with E-state index in [0.29, 0.717) is 5.56 Å². The average molecular weight is 184 g/mol. The molecule has 0 spiro atoms. The SMILES string of the molecule is CC(O)c1ccc([O-])c(N(O)O)c1. The van der Waals surface area contributed by atoms with Crippen LogP contribution in [0.15, 0.2) is 18.2 Å². The van der Waals surface area contributed by atoms with Crippen LogP contribution in [0.25, 0.3) is 0 Å². The normalized spacial score (nSPS) is 12.6. The van der Waals surface area contributed by atoms with E-state index in [-0.39, 0.29) is 10.9 Å². The number of aliphatic hydroxyl groups is 1. The fourth-order valence-electron chi connectivity index (χ4n) is 0.951. The summed E-state index contributed by atoms with van der Waals surface area (Å²) in [6, 6.07) is 3.81. The van der Waals surface area contributed by atoms with Gasteiger partial charge < -0.3 is 10.2 Å². The van der Waals surface area contributed by atoms with Gasteiger partial charge in [-0.25, -0.2) is 0 Å². The lowest BCUT2D eigenvalue weighted by atomic mass is 10.1. The van der Waals surface area contributed by atoms with E-state index >= 15 is 0 Å². The molecule has 72 valence electrons. The van der Waals surface area contributed by atoms with Gasteiger partial charge in [0.25, 0.3) is 0 Å². The number of hydrogen-bond donors (Lipinski definition) is 3. The zero-order valence-electron chi connectivity index (χ0n) is 7.01. The van der Waals surface area contributed by atoms with Crippen LogP contribution in [0.2, 0.25) is 0 Å². The molecule has 0 fully saturated rings. The Morgan fingerprint density at radius 3 is 2.46 bits per heavy atom. The van der Waals surface area contributed by atoms with Gasteiger partial charge in [-0.3, -0.25) is 10.4 Å². The number of benzene rings is 1. The number of hydrogen-bond acceptors (Lipinski definition) is 5. The second kappa shape index (κ2) is 3.61. The van der Waals surface area contributed by atoms with Crippen LogP contribution in [0.4, 0.5) is 5.69 Å². The largest absolute Gasteiger partial charge is 0.871 e. The first kappa shape index (κ1) is 9.79. The van der Waals surface area contributed by atoms with Gasteiger partial charge in [0.1, 0.15) is 0 Å². The maximum atomic E-state index is 11.0. The number of aliphatic hydroxyl groups excluding tert-OH is 1. The van der Waals surface area contributed by atoms with Gasteiger partial charge in [0, 0.05) is 0 Å². The first-order valence-electron chi connectivity index (χ1n) is 3.69. The van der Waals surface area contributed by atoms with Gasteiger partial charge in [-0.05, 0) is 18.6 Å². The third-order valence-corrected chi connectivity index (χ3v) is 1.68. The van der Waals surface area contributed by atoms with Gasteiger partial charge in [0.2, 0.25) is 0 Å². The summed E-state index contributed by atoms with van der Waals surface area (Å²) in [4.78, 5) is 0. The summed E-state index contributed by atoms with van der Waals surface area (Å²) in [6.45, 7) is 1.52. The van der Waals surface area contributed by atoms with Crippen molar-refractivity contribution in [2.45, 2.75) is 13.0 Å². The van der Waals surface area contributed by atoms with Crippen LogP contribution < -0.4 is 10.3 Å². The highest BCUT2D eigenvalue weighted by Crippen LogP contribution is 2.26. The van der Waals surface area contributed by atoms with Crippen LogP contribution in [0.3, 0.4) is 0 Å². The highest BCUT2D eigenvalue weighted by atomic mass is 16.8. The third kappa shape index (κ3) is 2.09. The van der Waals surface area contributed by atoms with Crippen molar-refractivity contribution in [3.8, 4) is 5.75 Å². The van der Waals surface area contributed by atoms with Crippen molar-refractivity contribution < 1.29 is 20.6 Å². The molecule has 5 nitrogen and oxygen atoms in total. The Bertz CT molecular complexity index is 298. The highest BCUT2D eigenvalue weighted by Gasteiger charge is 2.05. The fourth-order valence-corrected chi connectivity index (χ4v) is 0.951. The zero-order valence-corrected chi connectivity index (χ0v) is 7.01. The molecule has 0 aliphatic rings. The van der Waals surface area contributed by atoms with Crippen molar-refractivity contribution in [3.63, 3.8) is 0 Å². The third-order valence-electron chi connectivity index (χ3n) is 1.68. The minimum absolute atomic E-state index is 0.256. The smallest absolute Gasteiger partial charge is 0.0868 e. The van der Waals surface area contributed by atoms with Crippen molar-refractivity contribution in [2.75, 3.05) is 5.23 Å². The molecule has 0 saturated carbocycles. The van der Waals surface area contributed by atoms with Crippen LogP contribution in [-0.4, -0.2) is 15.5 Å². The van der Waals surface area contributed by atoms with E-state index in [4.69, 9.17) is 15.5 Å². The zero-order chi connectivity index (χ0) is 10.0. The molecule has 13 heavy (non-hydrogen) atoms. The monoisotopic (exact) mass is 184 g/mol. The molecular formula is C8H10NO4-. The van der Waals surface area contributed by atoms with Crippen molar-refractivity contribution in [3.05, 3.63) is 23.8 Å². The number of nitrogens with zero attached hydrogens (tertiary/aromatic N) is 1. The Morgan fingerprint density at radius 2 is 2.00 bits per heavy atom. The molecule has 0 heterocycles. The second-order valence-electron chi connectivity index (χ2n) is 2.69. The highest BCUT2D eigenvalue weighted by molar-refractivity contribution is 5.55. The Hall–Kier alpha value is -1.30. The lowest BCUT2D eigenvalue weighted by Gasteiger charge is -2.18. The van der Waals surface area contributed by atoms with Gasteiger partial charge in [-0.2, -0.15) is 0 Å². The second-order valence-corrected chi connectivity index (χ2v) is 2.69. The van der Waals surface area contributed by atoms with E-state index in [1.807, 2.05) is 0 Å². The molecule has 1 aromatic rings. The van der Waals surface area contributed by atoms with E-state index in [9.17, 15) is 5.11 Å². The summed E-state index contributed by atoms with van der Waals surface area (Å²) < 4.78 is 0. The first-order valence-corrected chi connectivity index (χ1v) is 3.69. The van der Waals surface area contributed by atoms with Crippen LogP contribution >= 0.6 is 0 Å². The summed E-state index contributed by atoms with van der Waals surface area (Å²) in [6.07, 6.45) is -0.751. The summed E-state index contributed by atoms with van der Waals surface area (Å²) in [5, 5.41) is 37.1. The molecule has 1 unspecified atom stereocenters. The standard InChI is InChI=1S/C8H11NO4/c1-5(10)6-2-3-8(11)7(4-6)9(12)13/h2-5,10-13H,1H3/p-1. The molecular weight excluding hydrogens is 174 g/mol. The topological polar surface area (TPSA) is 87.0 Å². The predicted molar refractivity (Wildman–Crippen MR) is 42.6 cm³/mol. The van der Waals surface area contributed by atoms with E-state index in [0.717, 1.165) is 6.07 Å². The van der Waals surface area contributed by atoms with Crippen molar-refractivity contribution >= 4 is 5.69 Å². The molecule has 5 heteroatoms. The van der Waals surface area contributed by atoms with Crippen molar-refractivity contribution in [2.24, 2.45) is 0 Å². The minimum atomic E-state index is -0.751. The van der Waals surface area contributed by atoms with E-state index < -0.39 is 11.9 Å². The molecule has 0 bridgehead atoms. The molecule has 3 N–H and O–H groups in total. The first-order chi connectivity index (χ1) is 6.02. The Kier molecular flexibility index (Phi) is 2.72. The summed E-state index contributed by atoms with van der Waals surface area (Å²) in [7, 11) is 0. The van der Waals surface area contributed by atoms with E-state index in [2.05, 4.69) is 0 Å². The lowest BCUT2D eigenvalue weighted by molar-refractivity contribution is -0.268. The fraction of sp³-hybridized carbons (Fsp3) is 0.250. The number of anilines is 1. The molecule has 0 aromatic heterocycles. The molecule has 1 rings (SSSR count). The minimum Gasteiger partial charge on any atom is -0.871 e. The maximum Gasteiger partial charge on any atom is 0.0868 e. The Labute approximate surface area is 75.0 Å². The van der Waals surface area contributed by atoms with Crippen LogP contribution in [0, 0.1) is 0 Å². The number of rotatable bonds is 2. The van der Waals surface area contributed by atoms with Crippen molar-refractivity contribution in [1.29, 1.82) is 0 Å². The van der Waals surface area contributed by atoms with Crippen LogP contribution in [0.1, 0.15) is 18.6 Å². The summed E-state index contributed by atoms with van der Waals surface area (Å²) >= 11 is 0. The van der Waals surface area contributed by atoms with Crippen LogP contribution in [-0.2, 0) is 0 Å². The maximum absolute atomic E-state index is 11.0. The van der Waals surface area contributed by atoms with E-state index in [1.165, 1.54) is 19.1 Å². The Balaban J connectivity index is 3.11. The average Bonchev–Trinajstić information content (AvgIpc) is 2.04. The molecule has 0 aliphatic carbocycles. The molecule has 1 atom stereocenters. The van der Waals surface area contributed by atoms with Gasteiger partial charge in [-0.1, -0.05) is 17.9 Å². The van der Waals surface area contributed by atoms with Crippen LogP contribution in [0.5, 0.6) is 5.75 Å². The lowest BCUT2D eigenvalue weighted by Crippen LogP contribution is -2.14. The Morgan fingerprint density at radius 1 is 1.38 bits per heavy atom. The molecule has 0 amide bonds. The van der Waals surface area contributed by atoms with E-state index in [1.54, 1.807) is 0 Å². The molecule has 0 aliphatic heterocycles. The van der Waals surface area contributed by atoms with Gasteiger partial charge in [0.05, 0.1) is 11.8 Å². The molecule has 0 saturated heterocycles. The summed E-state index contributed by atoms with van der Waals surface area (Å²) in [5.41, 5.74) is 0.168. The van der Waals surface area contributed by atoms with Gasteiger partial charge >= 0.3 is 0 Å². The predicted octanol–water partition coefficient (Wildman–Crippen LogP) is 0.398. The summed E-state index contributed by atoms with van der Waals surface area (Å²) in [5.74, 6) is -0.519. The van der Waals surface area contributed by atoms with Gasteiger partial charge in [-0.15, -0.1) is 5.23 Å². The van der Waals surface area contributed by atoms with Gasteiger partial charge in [0.15, 0.2) is 0 Å².